The van der Waals surface area contributed by atoms with Crippen molar-refractivity contribution in [2.45, 2.75) is 39.3 Å². The molecule has 0 saturated heterocycles. The Hall–Kier alpha value is -2.11. The molecule has 0 unspecified atom stereocenters. The van der Waals surface area contributed by atoms with Crippen molar-refractivity contribution in [1.82, 2.24) is 10.6 Å². The van der Waals surface area contributed by atoms with E-state index < -0.39 is 6.04 Å². The zero-order chi connectivity index (χ0) is 15.8. The molecule has 2 N–H and O–H groups in total. The van der Waals surface area contributed by atoms with Crippen molar-refractivity contribution in [3.63, 3.8) is 0 Å². The first-order valence-electron chi connectivity index (χ1n) is 6.89. The van der Waals surface area contributed by atoms with Crippen molar-refractivity contribution >= 4 is 11.8 Å². The topological polar surface area (TPSA) is 67.4 Å². The van der Waals surface area contributed by atoms with Crippen LogP contribution in [0, 0.1) is 5.82 Å². The Morgan fingerprint density at radius 1 is 1.38 bits per heavy atom. The SMILES string of the molecule is CC[C@@H](CNC(=O)[C@H](C)NC(C)=O)Oc1cccc(F)c1. The van der Waals surface area contributed by atoms with Gasteiger partial charge in [-0.15, -0.1) is 0 Å². The zero-order valence-corrected chi connectivity index (χ0v) is 12.5. The van der Waals surface area contributed by atoms with E-state index in [1.807, 2.05) is 6.92 Å². The predicted molar refractivity (Wildman–Crippen MR) is 77.4 cm³/mol. The second kappa shape index (κ2) is 8.24. The highest BCUT2D eigenvalue weighted by Gasteiger charge is 2.16. The number of benzene rings is 1. The van der Waals surface area contributed by atoms with E-state index in [0.717, 1.165) is 0 Å². The minimum Gasteiger partial charge on any atom is -0.489 e. The van der Waals surface area contributed by atoms with Gasteiger partial charge in [0.2, 0.25) is 11.8 Å². The molecule has 1 aromatic rings. The number of ether oxygens (including phenoxy) is 1. The molecule has 6 heteroatoms. The van der Waals surface area contributed by atoms with Gasteiger partial charge >= 0.3 is 0 Å². The van der Waals surface area contributed by atoms with Crippen LogP contribution in [0.25, 0.3) is 0 Å². The van der Waals surface area contributed by atoms with Gasteiger partial charge in [-0.1, -0.05) is 13.0 Å². The van der Waals surface area contributed by atoms with Crippen LogP contribution < -0.4 is 15.4 Å². The molecule has 0 aliphatic carbocycles. The molecule has 0 bridgehead atoms. The lowest BCUT2D eigenvalue weighted by molar-refractivity contribution is -0.127. The molecule has 0 heterocycles. The molecule has 0 aromatic heterocycles. The number of hydrogen-bond donors (Lipinski definition) is 2. The lowest BCUT2D eigenvalue weighted by Gasteiger charge is -2.20. The molecule has 1 aromatic carbocycles. The maximum absolute atomic E-state index is 13.1. The summed E-state index contributed by atoms with van der Waals surface area (Å²) >= 11 is 0. The van der Waals surface area contributed by atoms with Gasteiger partial charge in [0.25, 0.3) is 0 Å². The number of carbonyl (C=O) groups excluding carboxylic acids is 2. The fourth-order valence-electron chi connectivity index (χ4n) is 1.74. The smallest absolute Gasteiger partial charge is 0.242 e. The molecule has 116 valence electrons. The summed E-state index contributed by atoms with van der Waals surface area (Å²) < 4.78 is 18.7. The Morgan fingerprint density at radius 2 is 2.10 bits per heavy atom. The van der Waals surface area contributed by atoms with Crippen LogP contribution >= 0.6 is 0 Å². The van der Waals surface area contributed by atoms with Gasteiger partial charge in [0, 0.05) is 13.0 Å². The largest absolute Gasteiger partial charge is 0.489 e. The summed E-state index contributed by atoms with van der Waals surface area (Å²) in [4.78, 5) is 22.6. The minimum absolute atomic E-state index is 0.263. The van der Waals surface area contributed by atoms with Gasteiger partial charge in [0.15, 0.2) is 0 Å². The third-order valence-corrected chi connectivity index (χ3v) is 2.87. The molecule has 0 fully saturated rings. The molecular weight excluding hydrogens is 275 g/mol. The molecule has 0 aliphatic rings. The fourth-order valence-corrected chi connectivity index (χ4v) is 1.74. The van der Waals surface area contributed by atoms with Crippen LogP contribution in [0.5, 0.6) is 5.75 Å². The number of nitrogens with one attached hydrogen (secondary N) is 2. The van der Waals surface area contributed by atoms with E-state index in [4.69, 9.17) is 4.74 Å². The monoisotopic (exact) mass is 296 g/mol. The molecular formula is C15H21FN2O3. The zero-order valence-electron chi connectivity index (χ0n) is 12.5. The summed E-state index contributed by atoms with van der Waals surface area (Å²) in [6, 6.07) is 5.26. The second-order valence-corrected chi connectivity index (χ2v) is 4.77. The third-order valence-electron chi connectivity index (χ3n) is 2.87. The van der Waals surface area contributed by atoms with Crippen molar-refractivity contribution < 1.29 is 18.7 Å². The number of hydrogen-bond acceptors (Lipinski definition) is 3. The molecule has 2 atom stereocenters. The molecule has 21 heavy (non-hydrogen) atoms. The van der Waals surface area contributed by atoms with E-state index in [1.54, 1.807) is 19.1 Å². The average Bonchev–Trinajstić information content (AvgIpc) is 2.42. The van der Waals surface area contributed by atoms with Crippen molar-refractivity contribution in [2.75, 3.05) is 6.54 Å². The molecule has 2 amide bonds. The lowest BCUT2D eigenvalue weighted by Crippen LogP contribution is -2.46. The van der Waals surface area contributed by atoms with Crippen LogP contribution in [-0.4, -0.2) is 30.5 Å². The van der Waals surface area contributed by atoms with Crippen molar-refractivity contribution in [3.8, 4) is 5.75 Å². The van der Waals surface area contributed by atoms with E-state index in [2.05, 4.69) is 10.6 Å². The highest BCUT2D eigenvalue weighted by Crippen LogP contribution is 2.14. The Bertz CT molecular complexity index is 494. The summed E-state index contributed by atoms with van der Waals surface area (Å²) in [7, 11) is 0. The van der Waals surface area contributed by atoms with Crippen LogP contribution in [0.2, 0.25) is 0 Å². The molecule has 0 aliphatic heterocycles. The Labute approximate surface area is 123 Å². The quantitative estimate of drug-likeness (QED) is 0.803. The summed E-state index contributed by atoms with van der Waals surface area (Å²) in [5.41, 5.74) is 0. The second-order valence-electron chi connectivity index (χ2n) is 4.77. The van der Waals surface area contributed by atoms with Crippen molar-refractivity contribution in [3.05, 3.63) is 30.1 Å². The normalized spacial score (nSPS) is 13.1. The molecule has 5 nitrogen and oxygen atoms in total. The minimum atomic E-state index is -0.603. The fraction of sp³-hybridized carbons (Fsp3) is 0.467. The summed E-state index contributed by atoms with van der Waals surface area (Å²) in [6.45, 7) is 5.15. The summed E-state index contributed by atoms with van der Waals surface area (Å²) in [6.07, 6.45) is 0.394. The Morgan fingerprint density at radius 3 is 2.67 bits per heavy atom. The van der Waals surface area contributed by atoms with Crippen LogP contribution in [0.15, 0.2) is 24.3 Å². The Balaban J connectivity index is 2.47. The van der Waals surface area contributed by atoms with Gasteiger partial charge in [-0.3, -0.25) is 9.59 Å². The van der Waals surface area contributed by atoms with Gasteiger partial charge in [-0.2, -0.15) is 0 Å². The first-order chi connectivity index (χ1) is 9.92. The van der Waals surface area contributed by atoms with E-state index in [0.29, 0.717) is 12.2 Å². The Kier molecular flexibility index (Phi) is 6.65. The third kappa shape index (κ3) is 6.25. The summed E-state index contributed by atoms with van der Waals surface area (Å²) in [5.74, 6) is -0.496. The highest BCUT2D eigenvalue weighted by molar-refractivity contribution is 5.86. The number of rotatable bonds is 7. The van der Waals surface area contributed by atoms with Gasteiger partial charge in [-0.25, -0.2) is 4.39 Å². The first kappa shape index (κ1) is 16.9. The van der Waals surface area contributed by atoms with E-state index in [9.17, 15) is 14.0 Å². The van der Waals surface area contributed by atoms with Crippen molar-refractivity contribution in [1.29, 1.82) is 0 Å². The number of amides is 2. The van der Waals surface area contributed by atoms with Gasteiger partial charge in [0.1, 0.15) is 23.7 Å². The van der Waals surface area contributed by atoms with E-state index in [1.165, 1.54) is 19.1 Å². The van der Waals surface area contributed by atoms with Crippen LogP contribution in [0.1, 0.15) is 27.2 Å². The van der Waals surface area contributed by atoms with Crippen molar-refractivity contribution in [2.24, 2.45) is 0 Å². The lowest BCUT2D eigenvalue weighted by atomic mass is 10.2. The molecule has 0 radical (unpaired) electrons. The van der Waals surface area contributed by atoms with Gasteiger partial charge < -0.3 is 15.4 Å². The number of halogens is 1. The average molecular weight is 296 g/mol. The molecule has 0 spiro atoms. The maximum Gasteiger partial charge on any atom is 0.242 e. The van der Waals surface area contributed by atoms with E-state index >= 15 is 0 Å². The maximum atomic E-state index is 13.1. The van der Waals surface area contributed by atoms with Crippen LogP contribution in [0.4, 0.5) is 4.39 Å². The van der Waals surface area contributed by atoms with Crippen LogP contribution in [0.3, 0.4) is 0 Å². The first-order valence-corrected chi connectivity index (χ1v) is 6.89. The van der Waals surface area contributed by atoms with Crippen LogP contribution in [-0.2, 0) is 9.59 Å². The highest BCUT2D eigenvalue weighted by atomic mass is 19.1. The predicted octanol–water partition coefficient (Wildman–Crippen LogP) is 1.62. The molecule has 0 saturated carbocycles. The number of carbonyl (C=O) groups is 2. The standard InChI is InChI=1S/C15H21FN2O3/c1-4-13(21-14-7-5-6-12(16)8-14)9-17-15(20)10(2)18-11(3)19/h5-8,10,13H,4,9H2,1-3H3,(H,17,20)(H,18,19)/t10-,13-/m0/s1. The van der Waals surface area contributed by atoms with Gasteiger partial charge in [-0.05, 0) is 25.5 Å². The molecule has 1 rings (SSSR count). The van der Waals surface area contributed by atoms with E-state index in [-0.39, 0.29) is 30.3 Å². The summed E-state index contributed by atoms with van der Waals surface area (Å²) in [5, 5.41) is 5.20. The van der Waals surface area contributed by atoms with Gasteiger partial charge in [0.05, 0.1) is 6.54 Å².